The van der Waals surface area contributed by atoms with Crippen LogP contribution in [0.5, 0.6) is 0 Å². The number of piperidine rings is 1. The first-order valence-corrected chi connectivity index (χ1v) is 7.81. The molecule has 1 unspecified atom stereocenters. The predicted molar refractivity (Wildman–Crippen MR) is 83.1 cm³/mol. The van der Waals surface area contributed by atoms with Gasteiger partial charge in [0.2, 0.25) is 0 Å². The number of aryl methyl sites for hydroxylation is 1. The molecule has 1 saturated heterocycles. The maximum Gasteiger partial charge on any atom is 0.416 e. The number of nitrogens with zero attached hydrogens (tertiary/aromatic N) is 2. The van der Waals surface area contributed by atoms with Crippen molar-refractivity contribution in [3.8, 4) is 0 Å². The van der Waals surface area contributed by atoms with Gasteiger partial charge < -0.3 is 15.0 Å². The summed E-state index contributed by atoms with van der Waals surface area (Å²) in [7, 11) is 1.87. The van der Waals surface area contributed by atoms with Gasteiger partial charge in [0.15, 0.2) is 0 Å². The molecule has 1 aromatic carbocycles. The van der Waals surface area contributed by atoms with Gasteiger partial charge in [0.1, 0.15) is 0 Å². The number of hydrogen-bond acceptors (Lipinski definition) is 3. The standard InChI is InChI=1S/C17H20F3N3O/c1-11-7-16(24,8-14(22-11)15-9-23(2)10-21-15)12-3-5-13(6-4-12)17(18,19)20/h3-6,9-11,14,22,24H,7-8H2,1-2H3/t11-,14-,16?/m0/s1. The number of imidazole rings is 1. The lowest BCUT2D eigenvalue weighted by Gasteiger charge is -2.41. The molecule has 24 heavy (non-hydrogen) atoms. The van der Waals surface area contributed by atoms with Gasteiger partial charge in [0.25, 0.3) is 0 Å². The molecule has 130 valence electrons. The summed E-state index contributed by atoms with van der Waals surface area (Å²) in [5.74, 6) is 0. The lowest BCUT2D eigenvalue weighted by atomic mass is 9.78. The summed E-state index contributed by atoms with van der Waals surface area (Å²) < 4.78 is 40.0. The summed E-state index contributed by atoms with van der Waals surface area (Å²) in [5.41, 5.74) is -0.575. The maximum absolute atomic E-state index is 12.7. The maximum atomic E-state index is 12.7. The van der Waals surface area contributed by atoms with Gasteiger partial charge in [-0.1, -0.05) is 12.1 Å². The number of aliphatic hydroxyl groups is 1. The summed E-state index contributed by atoms with van der Waals surface area (Å²) in [6, 6.07) is 4.65. The van der Waals surface area contributed by atoms with E-state index in [0.717, 1.165) is 17.8 Å². The number of hydrogen-bond donors (Lipinski definition) is 2. The molecule has 1 fully saturated rings. The second-order valence-corrected chi connectivity index (χ2v) is 6.60. The Hall–Kier alpha value is -1.86. The van der Waals surface area contributed by atoms with Crippen molar-refractivity contribution in [1.82, 2.24) is 14.9 Å². The highest BCUT2D eigenvalue weighted by Gasteiger charge is 2.40. The third-order valence-corrected chi connectivity index (χ3v) is 4.50. The molecule has 1 aliphatic rings. The van der Waals surface area contributed by atoms with Crippen molar-refractivity contribution in [3.63, 3.8) is 0 Å². The summed E-state index contributed by atoms with van der Waals surface area (Å²) in [5, 5.41) is 14.5. The Morgan fingerprint density at radius 1 is 1.25 bits per heavy atom. The molecule has 3 rings (SSSR count). The van der Waals surface area contributed by atoms with E-state index in [9.17, 15) is 18.3 Å². The predicted octanol–water partition coefficient (Wildman–Crippen LogP) is 3.14. The molecule has 3 atom stereocenters. The highest BCUT2D eigenvalue weighted by atomic mass is 19.4. The van der Waals surface area contributed by atoms with E-state index >= 15 is 0 Å². The van der Waals surface area contributed by atoms with Crippen LogP contribution in [0.1, 0.15) is 42.6 Å². The average Bonchev–Trinajstić information content (AvgIpc) is 2.92. The van der Waals surface area contributed by atoms with Crippen LogP contribution in [0.2, 0.25) is 0 Å². The van der Waals surface area contributed by atoms with E-state index in [0.29, 0.717) is 18.4 Å². The molecule has 2 aromatic rings. The Morgan fingerprint density at radius 3 is 2.46 bits per heavy atom. The molecular formula is C17H20F3N3O. The van der Waals surface area contributed by atoms with E-state index in [1.807, 2.05) is 24.7 Å². The fourth-order valence-electron chi connectivity index (χ4n) is 3.40. The van der Waals surface area contributed by atoms with Gasteiger partial charge in [0, 0.05) is 25.7 Å². The van der Waals surface area contributed by atoms with Crippen LogP contribution in [-0.4, -0.2) is 20.7 Å². The SMILES string of the molecule is C[C@H]1CC(O)(c2ccc(C(F)(F)F)cc2)C[C@@H](c2cn(C)cn2)N1. The zero-order valence-electron chi connectivity index (χ0n) is 13.5. The minimum atomic E-state index is -4.38. The Labute approximate surface area is 138 Å². The Morgan fingerprint density at radius 2 is 1.92 bits per heavy atom. The van der Waals surface area contributed by atoms with Crippen molar-refractivity contribution in [2.45, 2.75) is 43.6 Å². The van der Waals surface area contributed by atoms with Crippen molar-refractivity contribution in [2.75, 3.05) is 0 Å². The molecule has 2 heterocycles. The van der Waals surface area contributed by atoms with Crippen molar-refractivity contribution in [2.24, 2.45) is 7.05 Å². The molecular weight excluding hydrogens is 319 g/mol. The Balaban J connectivity index is 1.87. The summed E-state index contributed by atoms with van der Waals surface area (Å²) >= 11 is 0. The van der Waals surface area contributed by atoms with E-state index in [2.05, 4.69) is 10.3 Å². The van der Waals surface area contributed by atoms with Crippen LogP contribution in [0.4, 0.5) is 13.2 Å². The van der Waals surface area contributed by atoms with E-state index < -0.39 is 17.3 Å². The van der Waals surface area contributed by atoms with E-state index in [1.54, 1.807) is 6.33 Å². The van der Waals surface area contributed by atoms with Crippen LogP contribution in [0, 0.1) is 0 Å². The molecule has 0 spiro atoms. The molecule has 4 nitrogen and oxygen atoms in total. The molecule has 0 radical (unpaired) electrons. The Kier molecular flexibility index (Phi) is 4.17. The monoisotopic (exact) mass is 339 g/mol. The average molecular weight is 339 g/mol. The van der Waals surface area contributed by atoms with Gasteiger partial charge in [-0.15, -0.1) is 0 Å². The fourth-order valence-corrected chi connectivity index (χ4v) is 3.40. The largest absolute Gasteiger partial charge is 0.416 e. The number of nitrogens with one attached hydrogen (secondary N) is 1. The van der Waals surface area contributed by atoms with Crippen molar-refractivity contribution < 1.29 is 18.3 Å². The van der Waals surface area contributed by atoms with Crippen LogP contribution in [0.3, 0.4) is 0 Å². The first kappa shape index (κ1) is 17.0. The lowest BCUT2D eigenvalue weighted by molar-refractivity contribution is -0.137. The van der Waals surface area contributed by atoms with Gasteiger partial charge in [-0.05, 0) is 31.0 Å². The summed E-state index contributed by atoms with van der Waals surface area (Å²) in [4.78, 5) is 4.32. The lowest BCUT2D eigenvalue weighted by Crippen LogP contribution is -2.47. The Bertz CT molecular complexity index is 711. The second kappa shape index (κ2) is 5.89. The molecule has 2 N–H and O–H groups in total. The zero-order valence-corrected chi connectivity index (χ0v) is 13.5. The van der Waals surface area contributed by atoms with Crippen LogP contribution in [0.25, 0.3) is 0 Å². The van der Waals surface area contributed by atoms with E-state index in [4.69, 9.17) is 0 Å². The van der Waals surface area contributed by atoms with Gasteiger partial charge in [-0.3, -0.25) is 0 Å². The summed E-state index contributed by atoms with van der Waals surface area (Å²) in [6.07, 6.45) is -0.0170. The van der Waals surface area contributed by atoms with Crippen LogP contribution in [0.15, 0.2) is 36.8 Å². The number of rotatable bonds is 2. The molecule has 0 bridgehead atoms. The smallest absolute Gasteiger partial charge is 0.385 e. The minimum absolute atomic E-state index is 0.0121. The summed E-state index contributed by atoms with van der Waals surface area (Å²) in [6.45, 7) is 1.95. The van der Waals surface area contributed by atoms with E-state index in [1.165, 1.54) is 12.1 Å². The van der Waals surface area contributed by atoms with Gasteiger partial charge >= 0.3 is 6.18 Å². The number of benzene rings is 1. The fraction of sp³-hybridized carbons (Fsp3) is 0.471. The third kappa shape index (κ3) is 3.32. The van der Waals surface area contributed by atoms with Crippen LogP contribution in [-0.2, 0) is 18.8 Å². The molecule has 1 aliphatic heterocycles. The first-order valence-electron chi connectivity index (χ1n) is 7.81. The van der Waals surface area contributed by atoms with Crippen molar-refractivity contribution in [1.29, 1.82) is 0 Å². The highest BCUT2D eigenvalue weighted by Crippen LogP contribution is 2.40. The first-order chi connectivity index (χ1) is 11.2. The molecule has 0 aliphatic carbocycles. The molecule has 0 saturated carbocycles. The van der Waals surface area contributed by atoms with Crippen LogP contribution >= 0.6 is 0 Å². The zero-order chi connectivity index (χ0) is 17.5. The number of aromatic nitrogens is 2. The van der Waals surface area contributed by atoms with E-state index in [-0.39, 0.29) is 12.1 Å². The van der Waals surface area contributed by atoms with Crippen molar-refractivity contribution in [3.05, 3.63) is 53.6 Å². The molecule has 0 amide bonds. The number of alkyl halides is 3. The normalized spacial score (nSPS) is 28.1. The number of halogens is 3. The second-order valence-electron chi connectivity index (χ2n) is 6.60. The van der Waals surface area contributed by atoms with Crippen LogP contribution < -0.4 is 5.32 Å². The molecule has 1 aromatic heterocycles. The van der Waals surface area contributed by atoms with Gasteiger partial charge in [0.05, 0.1) is 29.2 Å². The van der Waals surface area contributed by atoms with Crippen molar-refractivity contribution >= 4 is 0 Å². The van der Waals surface area contributed by atoms with Gasteiger partial charge in [-0.2, -0.15) is 13.2 Å². The van der Waals surface area contributed by atoms with Gasteiger partial charge in [-0.25, -0.2) is 4.98 Å². The topological polar surface area (TPSA) is 50.1 Å². The highest BCUT2D eigenvalue weighted by molar-refractivity contribution is 5.30. The minimum Gasteiger partial charge on any atom is -0.385 e. The molecule has 7 heteroatoms. The quantitative estimate of drug-likeness (QED) is 0.884. The third-order valence-electron chi connectivity index (χ3n) is 4.50.